The molecule has 1 N–H and O–H groups in total. The molecule has 0 fully saturated rings. The summed E-state index contributed by atoms with van der Waals surface area (Å²) in [4.78, 5) is 11.7. The van der Waals surface area contributed by atoms with Gasteiger partial charge in [0.05, 0.1) is 12.7 Å². The highest BCUT2D eigenvalue weighted by atomic mass is 79.9. The second-order valence-corrected chi connectivity index (χ2v) is 4.90. The molecule has 88 valence electrons. The molecular formula is C11H13BrFNO2. The van der Waals surface area contributed by atoms with Crippen molar-refractivity contribution >= 4 is 21.8 Å². The molecule has 1 rings (SSSR count). The number of hydrogen-bond donors (Lipinski definition) is 1. The van der Waals surface area contributed by atoms with Gasteiger partial charge in [-0.25, -0.2) is 4.39 Å². The minimum Gasteiger partial charge on any atom is -0.497 e. The second kappa shape index (κ2) is 5.84. The molecule has 1 atom stereocenters. The van der Waals surface area contributed by atoms with Crippen LogP contribution in [0.5, 0.6) is 5.75 Å². The van der Waals surface area contributed by atoms with E-state index in [2.05, 4.69) is 21.2 Å². The Balaban J connectivity index is 2.76. The molecular weight excluding hydrogens is 277 g/mol. The smallest absolute Gasteiger partial charge is 0.254 e. The van der Waals surface area contributed by atoms with Gasteiger partial charge in [0.25, 0.3) is 5.91 Å². The van der Waals surface area contributed by atoms with Crippen molar-refractivity contribution in [3.05, 3.63) is 29.6 Å². The van der Waals surface area contributed by atoms with Crippen LogP contribution < -0.4 is 10.1 Å². The molecule has 3 nitrogen and oxygen atoms in total. The van der Waals surface area contributed by atoms with Gasteiger partial charge in [0, 0.05) is 17.4 Å². The summed E-state index contributed by atoms with van der Waals surface area (Å²) in [5, 5.41) is 2.61. The third-order valence-electron chi connectivity index (χ3n) is 1.96. The first-order chi connectivity index (χ1) is 7.54. The molecule has 1 amide bonds. The van der Waals surface area contributed by atoms with E-state index in [1.807, 2.05) is 6.92 Å². The van der Waals surface area contributed by atoms with Crippen LogP contribution in [0.4, 0.5) is 4.39 Å². The van der Waals surface area contributed by atoms with Crippen molar-refractivity contribution < 1.29 is 13.9 Å². The van der Waals surface area contributed by atoms with Gasteiger partial charge in [-0.15, -0.1) is 0 Å². The van der Waals surface area contributed by atoms with E-state index in [1.165, 1.54) is 19.2 Å². The Morgan fingerprint density at radius 1 is 1.62 bits per heavy atom. The summed E-state index contributed by atoms with van der Waals surface area (Å²) < 4.78 is 18.3. The van der Waals surface area contributed by atoms with Crippen LogP contribution in [-0.2, 0) is 0 Å². The van der Waals surface area contributed by atoms with Crippen molar-refractivity contribution in [3.63, 3.8) is 0 Å². The van der Waals surface area contributed by atoms with Crippen LogP contribution >= 0.6 is 15.9 Å². The van der Waals surface area contributed by atoms with Crippen LogP contribution in [0.2, 0.25) is 0 Å². The number of carbonyl (C=O) groups excluding carboxylic acids is 1. The summed E-state index contributed by atoms with van der Waals surface area (Å²) >= 11 is 3.29. The average molecular weight is 290 g/mol. The van der Waals surface area contributed by atoms with Crippen LogP contribution in [0, 0.1) is 5.82 Å². The number of methoxy groups -OCH3 is 1. The van der Waals surface area contributed by atoms with Gasteiger partial charge in [0.1, 0.15) is 11.6 Å². The molecule has 16 heavy (non-hydrogen) atoms. The molecule has 0 saturated carbocycles. The number of nitrogens with one attached hydrogen (secondary N) is 1. The lowest BCUT2D eigenvalue weighted by atomic mass is 10.2. The lowest BCUT2D eigenvalue weighted by Gasteiger charge is -2.08. The van der Waals surface area contributed by atoms with Gasteiger partial charge < -0.3 is 10.1 Å². The zero-order chi connectivity index (χ0) is 12.1. The first-order valence-corrected chi connectivity index (χ1v) is 5.72. The zero-order valence-electron chi connectivity index (χ0n) is 9.09. The number of ether oxygens (including phenoxy) is 1. The molecule has 0 aliphatic heterocycles. The van der Waals surface area contributed by atoms with Crippen LogP contribution in [0.1, 0.15) is 17.3 Å². The van der Waals surface area contributed by atoms with E-state index in [-0.39, 0.29) is 10.4 Å². The molecule has 1 aromatic rings. The molecule has 0 spiro atoms. The van der Waals surface area contributed by atoms with Crippen LogP contribution in [0.3, 0.4) is 0 Å². The maximum absolute atomic E-state index is 13.5. The highest BCUT2D eigenvalue weighted by Crippen LogP contribution is 2.16. The summed E-state index contributed by atoms with van der Waals surface area (Å²) in [6.07, 6.45) is 0. The number of alkyl halides is 1. The van der Waals surface area contributed by atoms with Gasteiger partial charge in [-0.05, 0) is 12.1 Å². The molecule has 1 unspecified atom stereocenters. The van der Waals surface area contributed by atoms with Gasteiger partial charge >= 0.3 is 0 Å². The van der Waals surface area contributed by atoms with Crippen LogP contribution in [0.15, 0.2) is 18.2 Å². The predicted molar refractivity (Wildman–Crippen MR) is 63.7 cm³/mol. The zero-order valence-corrected chi connectivity index (χ0v) is 10.7. The van der Waals surface area contributed by atoms with E-state index in [1.54, 1.807) is 6.07 Å². The maximum Gasteiger partial charge on any atom is 0.254 e. The molecule has 0 aliphatic carbocycles. The van der Waals surface area contributed by atoms with Crippen molar-refractivity contribution in [2.45, 2.75) is 11.8 Å². The van der Waals surface area contributed by atoms with Crippen molar-refractivity contribution in [2.75, 3.05) is 13.7 Å². The van der Waals surface area contributed by atoms with E-state index in [0.717, 1.165) is 0 Å². The fourth-order valence-electron chi connectivity index (χ4n) is 1.14. The molecule has 5 heteroatoms. The number of rotatable bonds is 4. The molecule has 0 bridgehead atoms. The maximum atomic E-state index is 13.5. The summed E-state index contributed by atoms with van der Waals surface area (Å²) in [7, 11) is 1.45. The molecule has 0 heterocycles. The van der Waals surface area contributed by atoms with Crippen molar-refractivity contribution in [2.24, 2.45) is 0 Å². The Morgan fingerprint density at radius 3 is 2.81 bits per heavy atom. The lowest BCUT2D eigenvalue weighted by Crippen LogP contribution is -2.29. The van der Waals surface area contributed by atoms with E-state index >= 15 is 0 Å². The van der Waals surface area contributed by atoms with Crippen LogP contribution in [-0.4, -0.2) is 24.4 Å². The quantitative estimate of drug-likeness (QED) is 0.864. The highest BCUT2D eigenvalue weighted by molar-refractivity contribution is 9.09. The first kappa shape index (κ1) is 13.0. The minimum absolute atomic E-state index is 0.0222. The fraction of sp³-hybridized carbons (Fsp3) is 0.364. The third kappa shape index (κ3) is 3.48. The molecule has 0 aliphatic rings. The first-order valence-electron chi connectivity index (χ1n) is 4.80. The number of benzene rings is 1. The summed E-state index contributed by atoms with van der Waals surface area (Å²) in [6, 6.07) is 4.14. The van der Waals surface area contributed by atoms with Crippen molar-refractivity contribution in [1.29, 1.82) is 0 Å². The Bertz CT molecular complexity index is 382. The monoisotopic (exact) mass is 289 g/mol. The fourth-order valence-corrected chi connectivity index (χ4v) is 1.30. The van der Waals surface area contributed by atoms with E-state index in [9.17, 15) is 9.18 Å². The van der Waals surface area contributed by atoms with Gasteiger partial charge in [0.2, 0.25) is 0 Å². The Morgan fingerprint density at radius 2 is 2.31 bits per heavy atom. The summed E-state index contributed by atoms with van der Waals surface area (Å²) in [6.45, 7) is 2.34. The number of carbonyl (C=O) groups is 1. The number of halogens is 2. The van der Waals surface area contributed by atoms with E-state index < -0.39 is 11.7 Å². The minimum atomic E-state index is -0.584. The largest absolute Gasteiger partial charge is 0.497 e. The van der Waals surface area contributed by atoms with Crippen LogP contribution in [0.25, 0.3) is 0 Å². The summed E-state index contributed by atoms with van der Waals surface area (Å²) in [5.74, 6) is -0.617. The summed E-state index contributed by atoms with van der Waals surface area (Å²) in [5.41, 5.74) is 0.0222. The molecule has 1 aromatic carbocycles. The molecule has 0 saturated heterocycles. The number of hydrogen-bond acceptors (Lipinski definition) is 2. The normalized spacial score (nSPS) is 12.0. The topological polar surface area (TPSA) is 38.3 Å². The van der Waals surface area contributed by atoms with Gasteiger partial charge in [-0.2, -0.15) is 0 Å². The third-order valence-corrected chi connectivity index (χ3v) is 2.29. The number of amides is 1. The van der Waals surface area contributed by atoms with E-state index in [4.69, 9.17) is 4.74 Å². The molecule has 0 aromatic heterocycles. The van der Waals surface area contributed by atoms with Crippen molar-refractivity contribution in [1.82, 2.24) is 5.32 Å². The van der Waals surface area contributed by atoms with Gasteiger partial charge in [-0.1, -0.05) is 22.9 Å². The Hall–Kier alpha value is -1.10. The van der Waals surface area contributed by atoms with Crippen molar-refractivity contribution in [3.8, 4) is 5.75 Å². The SMILES string of the molecule is COc1ccc(C(=O)NCC(C)Br)c(F)c1. The lowest BCUT2D eigenvalue weighted by molar-refractivity contribution is 0.0950. The average Bonchev–Trinajstić information content (AvgIpc) is 2.25. The van der Waals surface area contributed by atoms with E-state index in [0.29, 0.717) is 12.3 Å². The molecule has 0 radical (unpaired) electrons. The predicted octanol–water partition coefficient (Wildman–Crippen LogP) is 2.35. The standard InChI is InChI=1S/C11H13BrFNO2/c1-7(12)6-14-11(15)9-4-3-8(16-2)5-10(9)13/h3-5,7H,6H2,1-2H3,(H,14,15). The van der Waals surface area contributed by atoms with Gasteiger partial charge in [-0.3, -0.25) is 4.79 Å². The van der Waals surface area contributed by atoms with Gasteiger partial charge in [0.15, 0.2) is 0 Å². The Labute approximate surface area is 102 Å². The Kier molecular flexibility index (Phi) is 4.73. The highest BCUT2D eigenvalue weighted by Gasteiger charge is 2.12. The second-order valence-electron chi connectivity index (χ2n) is 3.34.